The van der Waals surface area contributed by atoms with E-state index < -0.39 is 72.4 Å². The molecular formula is C17H31N5O8S. The van der Waals surface area contributed by atoms with Gasteiger partial charge in [0.05, 0.1) is 24.7 Å². The maximum Gasteiger partial charge on any atom is 0.326 e. The second-order valence-corrected chi connectivity index (χ2v) is 7.90. The van der Waals surface area contributed by atoms with Gasteiger partial charge in [-0.1, -0.05) is 0 Å². The van der Waals surface area contributed by atoms with Gasteiger partial charge in [0.25, 0.3) is 0 Å². The number of nitrogens with two attached hydrogens (primary N) is 2. The first-order valence-electron chi connectivity index (χ1n) is 9.34. The number of hydrogen-bond donors (Lipinski definition) is 8. The summed E-state index contributed by atoms with van der Waals surface area (Å²) < 4.78 is 0. The first kappa shape index (κ1) is 28.6. The number of aliphatic hydroxyl groups excluding tert-OH is 2. The molecule has 6 atom stereocenters. The highest BCUT2D eigenvalue weighted by Gasteiger charge is 2.34. The molecule has 178 valence electrons. The number of carboxylic acid groups (broad SMARTS) is 1. The molecule has 0 aliphatic carbocycles. The zero-order chi connectivity index (χ0) is 24.3. The molecule has 0 bridgehead atoms. The lowest BCUT2D eigenvalue weighted by atomic mass is 10.1. The van der Waals surface area contributed by atoms with Crippen molar-refractivity contribution in [1.29, 1.82) is 0 Å². The smallest absolute Gasteiger partial charge is 0.326 e. The maximum atomic E-state index is 12.5. The Balaban J connectivity index is 5.31. The Labute approximate surface area is 183 Å². The molecule has 0 aromatic carbocycles. The highest BCUT2D eigenvalue weighted by atomic mass is 32.2. The average molecular weight is 466 g/mol. The summed E-state index contributed by atoms with van der Waals surface area (Å²) >= 11 is 1.38. The third-order valence-electron chi connectivity index (χ3n) is 4.11. The molecular weight excluding hydrogens is 434 g/mol. The fourth-order valence-corrected chi connectivity index (χ4v) is 2.85. The Morgan fingerprint density at radius 1 is 0.903 bits per heavy atom. The molecule has 13 nitrogen and oxygen atoms in total. The van der Waals surface area contributed by atoms with Crippen LogP contribution < -0.4 is 27.4 Å². The summed E-state index contributed by atoms with van der Waals surface area (Å²) in [6, 6.07) is -5.75. The molecule has 4 amide bonds. The van der Waals surface area contributed by atoms with Crippen molar-refractivity contribution in [3.05, 3.63) is 0 Å². The Morgan fingerprint density at radius 3 is 1.74 bits per heavy atom. The molecule has 0 aliphatic rings. The third kappa shape index (κ3) is 10.4. The van der Waals surface area contributed by atoms with E-state index in [2.05, 4.69) is 16.0 Å². The lowest BCUT2D eigenvalue weighted by Gasteiger charge is -2.27. The topological polar surface area (TPSA) is 234 Å². The van der Waals surface area contributed by atoms with Crippen LogP contribution in [0.3, 0.4) is 0 Å². The van der Waals surface area contributed by atoms with Crippen molar-refractivity contribution in [3.63, 3.8) is 0 Å². The van der Waals surface area contributed by atoms with Gasteiger partial charge in [-0.05, 0) is 32.3 Å². The van der Waals surface area contributed by atoms with Crippen LogP contribution in [0.5, 0.6) is 0 Å². The molecule has 31 heavy (non-hydrogen) atoms. The van der Waals surface area contributed by atoms with E-state index in [1.54, 1.807) is 6.26 Å². The summed E-state index contributed by atoms with van der Waals surface area (Å²) in [4.78, 5) is 59.3. The number of amides is 4. The minimum atomic E-state index is -1.58. The van der Waals surface area contributed by atoms with Gasteiger partial charge in [-0.2, -0.15) is 11.8 Å². The van der Waals surface area contributed by atoms with Crippen LogP contribution in [0, 0.1) is 0 Å². The van der Waals surface area contributed by atoms with Crippen molar-refractivity contribution in [2.75, 3.05) is 12.0 Å². The summed E-state index contributed by atoms with van der Waals surface area (Å²) in [7, 11) is 0. The largest absolute Gasteiger partial charge is 0.480 e. The normalized spacial score (nSPS) is 16.7. The standard InChI is InChI=1S/C17H31N5O8S/c1-7(23)12(15(27)20-10(17(29)30)4-5-31-3)22-16(28)13(8(2)24)21-14(26)9(18)6-11(19)25/h7-10,12-13,23-24H,4-6,18H2,1-3H3,(H2,19,25)(H,20,27)(H,21,26)(H,22,28)(H,29,30). The van der Waals surface area contributed by atoms with Gasteiger partial charge < -0.3 is 42.7 Å². The molecule has 0 rings (SSSR count). The second kappa shape index (κ2) is 13.8. The fourth-order valence-electron chi connectivity index (χ4n) is 2.38. The molecule has 0 aromatic rings. The van der Waals surface area contributed by atoms with Gasteiger partial charge in [-0.15, -0.1) is 0 Å². The van der Waals surface area contributed by atoms with E-state index in [9.17, 15) is 39.3 Å². The zero-order valence-electron chi connectivity index (χ0n) is 17.5. The van der Waals surface area contributed by atoms with Crippen LogP contribution in [0.1, 0.15) is 26.7 Å². The molecule has 0 fully saturated rings. The molecule has 10 N–H and O–H groups in total. The lowest BCUT2D eigenvalue weighted by molar-refractivity contribution is -0.143. The van der Waals surface area contributed by atoms with Gasteiger partial charge in [0.2, 0.25) is 23.6 Å². The number of carbonyl (C=O) groups is 5. The number of thioether (sulfide) groups is 1. The summed E-state index contributed by atoms with van der Waals surface area (Å²) in [6.45, 7) is 2.38. The fraction of sp³-hybridized carbons (Fsp3) is 0.706. The van der Waals surface area contributed by atoms with Gasteiger partial charge in [-0.3, -0.25) is 19.2 Å². The predicted octanol–water partition coefficient (Wildman–Crippen LogP) is -3.76. The molecule has 0 aromatic heterocycles. The molecule has 0 radical (unpaired) electrons. The maximum absolute atomic E-state index is 12.5. The number of nitrogens with one attached hydrogen (secondary N) is 3. The average Bonchev–Trinajstić information content (AvgIpc) is 2.65. The summed E-state index contributed by atoms with van der Waals surface area (Å²) in [6.07, 6.45) is -1.48. The van der Waals surface area contributed by atoms with Gasteiger partial charge in [-0.25, -0.2) is 4.79 Å². The van der Waals surface area contributed by atoms with Crippen LogP contribution in [0.15, 0.2) is 0 Å². The minimum absolute atomic E-state index is 0.118. The van der Waals surface area contributed by atoms with Crippen LogP contribution >= 0.6 is 11.8 Å². The van der Waals surface area contributed by atoms with Crippen molar-refractivity contribution in [3.8, 4) is 0 Å². The van der Waals surface area contributed by atoms with E-state index >= 15 is 0 Å². The summed E-state index contributed by atoms with van der Waals surface area (Å²) in [5, 5.41) is 35.5. The van der Waals surface area contributed by atoms with Crippen molar-refractivity contribution in [1.82, 2.24) is 16.0 Å². The quantitative estimate of drug-likeness (QED) is 0.125. The molecule has 0 spiro atoms. The van der Waals surface area contributed by atoms with Crippen LogP contribution in [0.2, 0.25) is 0 Å². The van der Waals surface area contributed by atoms with Crippen LogP contribution in [0.4, 0.5) is 0 Å². The van der Waals surface area contributed by atoms with Gasteiger partial charge in [0.1, 0.15) is 18.1 Å². The zero-order valence-corrected chi connectivity index (χ0v) is 18.3. The van der Waals surface area contributed by atoms with Crippen LogP contribution in [-0.2, 0) is 24.0 Å². The predicted molar refractivity (Wildman–Crippen MR) is 112 cm³/mol. The highest BCUT2D eigenvalue weighted by molar-refractivity contribution is 7.98. The number of carboxylic acids is 1. The number of aliphatic carboxylic acids is 1. The van der Waals surface area contributed by atoms with E-state index in [-0.39, 0.29) is 6.42 Å². The SMILES string of the molecule is CSCCC(NC(=O)C(NC(=O)C(NC(=O)C(N)CC(N)=O)C(C)O)C(C)O)C(=O)O. The van der Waals surface area contributed by atoms with Gasteiger partial charge >= 0.3 is 5.97 Å². The first-order chi connectivity index (χ1) is 14.3. The highest BCUT2D eigenvalue weighted by Crippen LogP contribution is 2.04. The minimum Gasteiger partial charge on any atom is -0.480 e. The van der Waals surface area contributed by atoms with Crippen molar-refractivity contribution >= 4 is 41.4 Å². The molecule has 0 heterocycles. The second-order valence-electron chi connectivity index (χ2n) is 6.91. The Bertz CT molecular complexity index is 660. The van der Waals surface area contributed by atoms with Crippen molar-refractivity contribution in [2.45, 2.75) is 63.1 Å². The molecule has 6 unspecified atom stereocenters. The number of aliphatic hydroxyl groups is 2. The van der Waals surface area contributed by atoms with Crippen LogP contribution in [0.25, 0.3) is 0 Å². The molecule has 14 heteroatoms. The number of rotatable bonds is 14. The Kier molecular flexibility index (Phi) is 12.7. The van der Waals surface area contributed by atoms with Crippen molar-refractivity contribution in [2.24, 2.45) is 11.5 Å². The van der Waals surface area contributed by atoms with E-state index in [0.29, 0.717) is 5.75 Å². The Hall–Kier alpha value is -2.42. The number of primary amides is 1. The number of carbonyl (C=O) groups excluding carboxylic acids is 4. The third-order valence-corrected chi connectivity index (χ3v) is 4.75. The van der Waals surface area contributed by atoms with E-state index in [1.165, 1.54) is 25.6 Å². The van der Waals surface area contributed by atoms with Crippen LogP contribution in [-0.4, -0.2) is 93.3 Å². The molecule has 0 aliphatic heterocycles. The van der Waals surface area contributed by atoms with Gasteiger partial charge in [0.15, 0.2) is 0 Å². The van der Waals surface area contributed by atoms with E-state index in [1.807, 2.05) is 0 Å². The van der Waals surface area contributed by atoms with E-state index in [0.717, 1.165) is 0 Å². The lowest BCUT2D eigenvalue weighted by Crippen LogP contribution is -2.62. The molecule has 0 saturated heterocycles. The van der Waals surface area contributed by atoms with Crippen molar-refractivity contribution < 1.29 is 39.3 Å². The van der Waals surface area contributed by atoms with E-state index in [4.69, 9.17) is 11.5 Å². The van der Waals surface area contributed by atoms with Gasteiger partial charge in [0, 0.05) is 0 Å². The monoisotopic (exact) mass is 465 g/mol. The summed E-state index contributed by atoms with van der Waals surface area (Å²) in [5.41, 5.74) is 10.5. The number of hydrogen-bond acceptors (Lipinski definition) is 9. The summed E-state index contributed by atoms with van der Waals surface area (Å²) in [5.74, 6) is -4.62. The Morgan fingerprint density at radius 2 is 1.35 bits per heavy atom. The first-order valence-corrected chi connectivity index (χ1v) is 10.7. The molecule has 0 saturated carbocycles.